The number of nitrogens with one attached hydrogen (secondary N) is 1. The van der Waals surface area contributed by atoms with Crippen molar-refractivity contribution in [1.82, 2.24) is 20.4 Å². The summed E-state index contributed by atoms with van der Waals surface area (Å²) in [4.78, 5) is 0. The van der Waals surface area contributed by atoms with Crippen molar-refractivity contribution in [2.24, 2.45) is 12.9 Å². The summed E-state index contributed by atoms with van der Waals surface area (Å²) in [5, 5.41) is 7.77. The zero-order valence-electron chi connectivity index (χ0n) is 10.4. The lowest BCUT2D eigenvalue weighted by Gasteiger charge is -2.25. The number of aromatic nitrogens is 3. The second kappa shape index (κ2) is 5.72. The first-order valence-electron chi connectivity index (χ1n) is 5.66. The number of rotatable bonds is 5. The largest absolute Gasteiger partial charge is 0.375 e. The Labute approximate surface area is 106 Å². The number of methoxy groups -OCH3 is 1. The van der Waals surface area contributed by atoms with Crippen LogP contribution in [0.25, 0.3) is 0 Å². The molecule has 2 atom stereocenters. The van der Waals surface area contributed by atoms with Crippen LogP contribution in [0.2, 0.25) is 0 Å². The topological polar surface area (TPSA) is 78.0 Å². The number of hydrogen-bond acceptors (Lipinski definition) is 5. The average molecular weight is 247 g/mol. The maximum Gasteiger partial charge on any atom is 0.104 e. The number of nitrogens with zero attached hydrogens (tertiary/aromatic N) is 3. The van der Waals surface area contributed by atoms with Crippen LogP contribution in [-0.2, 0) is 11.8 Å². The highest BCUT2D eigenvalue weighted by molar-refractivity contribution is 5.21. The first-order chi connectivity index (χ1) is 8.77. The van der Waals surface area contributed by atoms with Gasteiger partial charge in [0, 0.05) is 14.2 Å². The van der Waals surface area contributed by atoms with Gasteiger partial charge in [0.1, 0.15) is 6.10 Å². The van der Waals surface area contributed by atoms with Crippen molar-refractivity contribution in [1.29, 1.82) is 0 Å². The van der Waals surface area contributed by atoms with Crippen molar-refractivity contribution in [3.63, 3.8) is 0 Å². The molecule has 0 radical (unpaired) electrons. The van der Waals surface area contributed by atoms with Gasteiger partial charge in [0.05, 0.1) is 17.9 Å². The molecule has 2 aromatic rings. The van der Waals surface area contributed by atoms with E-state index in [1.54, 1.807) is 18.0 Å². The summed E-state index contributed by atoms with van der Waals surface area (Å²) in [6, 6.07) is 9.70. The van der Waals surface area contributed by atoms with Gasteiger partial charge in [-0.15, -0.1) is 5.10 Å². The summed E-state index contributed by atoms with van der Waals surface area (Å²) in [6.07, 6.45) is 1.48. The second-order valence-electron chi connectivity index (χ2n) is 3.99. The van der Waals surface area contributed by atoms with Gasteiger partial charge in [0.25, 0.3) is 0 Å². The molecule has 6 heteroatoms. The lowest BCUT2D eigenvalue weighted by molar-refractivity contribution is 0.0650. The molecule has 2 rings (SSSR count). The van der Waals surface area contributed by atoms with Gasteiger partial charge in [-0.25, -0.2) is 5.43 Å². The van der Waals surface area contributed by atoms with Crippen molar-refractivity contribution < 1.29 is 4.74 Å². The average Bonchev–Trinajstić information content (AvgIpc) is 2.83. The lowest BCUT2D eigenvalue weighted by Crippen LogP contribution is -2.34. The smallest absolute Gasteiger partial charge is 0.104 e. The third kappa shape index (κ3) is 2.40. The van der Waals surface area contributed by atoms with Gasteiger partial charge in [0.2, 0.25) is 0 Å². The van der Waals surface area contributed by atoms with Crippen molar-refractivity contribution in [3.8, 4) is 0 Å². The van der Waals surface area contributed by atoms with Gasteiger partial charge in [0.15, 0.2) is 0 Å². The van der Waals surface area contributed by atoms with Crippen LogP contribution in [0.15, 0.2) is 36.5 Å². The minimum Gasteiger partial charge on any atom is -0.375 e. The summed E-state index contributed by atoms with van der Waals surface area (Å²) >= 11 is 0. The highest BCUT2D eigenvalue weighted by atomic mass is 16.5. The van der Waals surface area contributed by atoms with Crippen LogP contribution in [-0.4, -0.2) is 22.1 Å². The van der Waals surface area contributed by atoms with E-state index in [9.17, 15) is 0 Å². The molecule has 0 bridgehead atoms. The summed E-state index contributed by atoms with van der Waals surface area (Å²) < 4.78 is 7.24. The minimum atomic E-state index is -0.211. The van der Waals surface area contributed by atoms with Crippen LogP contribution in [0.4, 0.5) is 0 Å². The fraction of sp³-hybridized carbons (Fsp3) is 0.333. The maximum absolute atomic E-state index is 5.65. The Bertz CT molecular complexity index is 484. The third-order valence-electron chi connectivity index (χ3n) is 2.93. The SMILES string of the molecule is COC(c1ccccc1)C(NN)c1cnnn1C. The number of hydrogen-bond donors (Lipinski definition) is 2. The Kier molecular flexibility index (Phi) is 4.03. The van der Waals surface area contributed by atoms with E-state index in [4.69, 9.17) is 10.6 Å². The van der Waals surface area contributed by atoms with Crippen molar-refractivity contribution >= 4 is 0 Å². The van der Waals surface area contributed by atoms with Gasteiger partial charge >= 0.3 is 0 Å². The van der Waals surface area contributed by atoms with E-state index in [1.165, 1.54) is 0 Å². The predicted octanol–water partition coefficient (Wildman–Crippen LogP) is 0.707. The molecule has 3 N–H and O–H groups in total. The Balaban J connectivity index is 2.34. The zero-order chi connectivity index (χ0) is 13.0. The summed E-state index contributed by atoms with van der Waals surface area (Å²) in [7, 11) is 3.48. The molecule has 1 heterocycles. The van der Waals surface area contributed by atoms with Crippen LogP contribution in [0.1, 0.15) is 23.4 Å². The Hall–Kier alpha value is -1.76. The minimum absolute atomic E-state index is 0.201. The second-order valence-corrected chi connectivity index (χ2v) is 3.99. The molecule has 0 aliphatic rings. The molecule has 0 fully saturated rings. The van der Waals surface area contributed by atoms with E-state index >= 15 is 0 Å². The molecule has 2 unspecified atom stereocenters. The van der Waals surface area contributed by atoms with Crippen LogP contribution < -0.4 is 11.3 Å². The maximum atomic E-state index is 5.65. The molecule has 0 amide bonds. The van der Waals surface area contributed by atoms with E-state index in [1.807, 2.05) is 37.4 Å². The molecule has 1 aromatic carbocycles. The standard InChI is InChI=1S/C12H17N5O/c1-17-10(8-14-16-17)11(15-13)12(18-2)9-6-4-3-5-7-9/h3-8,11-12,15H,13H2,1-2H3. The van der Waals surface area contributed by atoms with Gasteiger partial charge < -0.3 is 4.74 Å². The zero-order valence-corrected chi connectivity index (χ0v) is 10.4. The normalized spacial score (nSPS) is 14.4. The number of benzene rings is 1. The van der Waals surface area contributed by atoms with E-state index in [-0.39, 0.29) is 12.1 Å². The molecular formula is C12H17N5O. The summed E-state index contributed by atoms with van der Waals surface area (Å²) in [6.45, 7) is 0. The predicted molar refractivity (Wildman–Crippen MR) is 67.3 cm³/mol. The fourth-order valence-electron chi connectivity index (χ4n) is 2.01. The molecule has 0 saturated carbocycles. The van der Waals surface area contributed by atoms with E-state index in [0.29, 0.717) is 0 Å². The van der Waals surface area contributed by atoms with Crippen molar-refractivity contribution in [3.05, 3.63) is 47.8 Å². The monoisotopic (exact) mass is 247 g/mol. The summed E-state index contributed by atoms with van der Waals surface area (Å²) in [5.74, 6) is 5.65. The van der Waals surface area contributed by atoms with Gasteiger partial charge in [-0.3, -0.25) is 10.5 Å². The van der Waals surface area contributed by atoms with Gasteiger partial charge in [-0.1, -0.05) is 35.5 Å². The molecule has 0 saturated heterocycles. The van der Waals surface area contributed by atoms with Crippen LogP contribution in [0.5, 0.6) is 0 Å². The van der Waals surface area contributed by atoms with E-state index in [2.05, 4.69) is 15.7 Å². The van der Waals surface area contributed by atoms with E-state index < -0.39 is 0 Å². The number of aryl methyl sites for hydroxylation is 1. The summed E-state index contributed by atoms with van der Waals surface area (Å²) in [5.41, 5.74) is 4.68. The molecule has 96 valence electrons. The van der Waals surface area contributed by atoms with Crippen LogP contribution in [0, 0.1) is 0 Å². The molecule has 1 aromatic heterocycles. The van der Waals surface area contributed by atoms with Crippen molar-refractivity contribution in [2.75, 3.05) is 7.11 Å². The van der Waals surface area contributed by atoms with Gasteiger partial charge in [-0.05, 0) is 5.56 Å². The lowest BCUT2D eigenvalue weighted by atomic mass is 10.0. The molecular weight excluding hydrogens is 230 g/mol. The molecule has 18 heavy (non-hydrogen) atoms. The number of hydrazine groups is 1. The third-order valence-corrected chi connectivity index (χ3v) is 2.93. The molecule has 6 nitrogen and oxygen atoms in total. The van der Waals surface area contributed by atoms with Gasteiger partial charge in [-0.2, -0.15) is 0 Å². The quantitative estimate of drug-likeness (QED) is 0.601. The Morgan fingerprint density at radius 3 is 2.56 bits per heavy atom. The first-order valence-corrected chi connectivity index (χ1v) is 5.66. The first kappa shape index (κ1) is 12.7. The number of ether oxygens (including phenoxy) is 1. The van der Waals surface area contributed by atoms with Crippen molar-refractivity contribution in [2.45, 2.75) is 12.1 Å². The molecule has 0 spiro atoms. The molecule has 0 aliphatic carbocycles. The van der Waals surface area contributed by atoms with Crippen LogP contribution >= 0.6 is 0 Å². The highest BCUT2D eigenvalue weighted by Crippen LogP contribution is 2.30. The Morgan fingerprint density at radius 2 is 2.06 bits per heavy atom. The Morgan fingerprint density at radius 1 is 1.33 bits per heavy atom. The fourth-order valence-corrected chi connectivity index (χ4v) is 2.01. The number of nitrogens with two attached hydrogens (primary N) is 1. The van der Waals surface area contributed by atoms with E-state index in [0.717, 1.165) is 11.3 Å². The van der Waals surface area contributed by atoms with Crippen LogP contribution in [0.3, 0.4) is 0 Å². The highest BCUT2D eigenvalue weighted by Gasteiger charge is 2.26. The molecule has 0 aliphatic heterocycles.